The van der Waals surface area contributed by atoms with Crippen LogP contribution in [0.5, 0.6) is 5.75 Å². The lowest BCUT2D eigenvalue weighted by molar-refractivity contribution is 0.0706. The molecule has 0 bridgehead atoms. The van der Waals surface area contributed by atoms with Crippen molar-refractivity contribution < 1.29 is 19.5 Å². The highest BCUT2D eigenvalue weighted by atomic mass is 16.5. The van der Waals surface area contributed by atoms with Gasteiger partial charge in [-0.1, -0.05) is 6.07 Å². The largest absolute Gasteiger partial charge is 0.491 e. The van der Waals surface area contributed by atoms with E-state index in [4.69, 9.17) is 9.94 Å². The van der Waals surface area contributed by atoms with E-state index in [9.17, 15) is 9.59 Å². The van der Waals surface area contributed by atoms with Crippen molar-refractivity contribution in [2.75, 3.05) is 13.2 Å². The van der Waals surface area contributed by atoms with Gasteiger partial charge in [0.1, 0.15) is 12.4 Å². The molecule has 7 heteroatoms. The predicted molar refractivity (Wildman–Crippen MR) is 91.6 cm³/mol. The van der Waals surface area contributed by atoms with Crippen LogP contribution in [0, 0.1) is 0 Å². The molecule has 3 amide bonds. The molecule has 0 saturated carbocycles. The number of nitrogens with zero attached hydrogens (tertiary/aromatic N) is 2. The number of benzene rings is 1. The minimum absolute atomic E-state index is 0.0494. The Morgan fingerprint density at radius 1 is 1.20 bits per heavy atom. The average Bonchev–Trinajstić information content (AvgIpc) is 2.79. The van der Waals surface area contributed by atoms with Crippen LogP contribution in [-0.4, -0.2) is 52.2 Å². The number of amides is 3. The number of hydrogen-bond donors (Lipinski definition) is 2. The summed E-state index contributed by atoms with van der Waals surface area (Å²) in [5, 5.41) is 8.78. The molecule has 2 atom stereocenters. The Bertz CT molecular complexity index is 664. The summed E-state index contributed by atoms with van der Waals surface area (Å²) in [7, 11) is 0. The summed E-state index contributed by atoms with van der Waals surface area (Å²) in [6.45, 7) is 5.68. The lowest BCUT2D eigenvalue weighted by Gasteiger charge is -2.38. The number of carbonyl (C=O) groups is 2. The number of ether oxygens (including phenoxy) is 1. The third-order valence-corrected chi connectivity index (χ3v) is 5.08. The second-order valence-electron chi connectivity index (χ2n) is 6.87. The topological polar surface area (TPSA) is 82.1 Å². The molecular formula is C18H25N3O4. The average molecular weight is 347 g/mol. The first kappa shape index (κ1) is 17.5. The van der Waals surface area contributed by atoms with Gasteiger partial charge in [0.05, 0.1) is 12.6 Å². The number of rotatable bonds is 1. The summed E-state index contributed by atoms with van der Waals surface area (Å²) >= 11 is 0. The van der Waals surface area contributed by atoms with Crippen molar-refractivity contribution in [2.24, 2.45) is 0 Å². The zero-order valence-electron chi connectivity index (χ0n) is 14.7. The minimum Gasteiger partial charge on any atom is -0.491 e. The number of likely N-dealkylation sites (tertiary alicyclic amines) is 1. The van der Waals surface area contributed by atoms with Crippen LogP contribution in [0.1, 0.15) is 49.0 Å². The standard InChI is InChI=1S/C18H25N3O4/c1-12-5-3-4-8-20(12)18(23)21-10-15-7-6-14(17(22)19-24)9-16(15)25-11-13(21)2/h6-7,9,12-13,24H,3-5,8,10-11H2,1-2H3,(H,19,22). The first-order valence-electron chi connectivity index (χ1n) is 8.78. The molecular weight excluding hydrogens is 322 g/mol. The molecule has 1 saturated heterocycles. The van der Waals surface area contributed by atoms with E-state index < -0.39 is 5.91 Å². The van der Waals surface area contributed by atoms with Gasteiger partial charge in [-0.3, -0.25) is 10.0 Å². The number of hydroxylamine groups is 1. The molecule has 2 unspecified atom stereocenters. The second-order valence-corrected chi connectivity index (χ2v) is 6.87. The van der Waals surface area contributed by atoms with Crippen LogP contribution in [-0.2, 0) is 6.54 Å². The molecule has 2 aliphatic rings. The SMILES string of the molecule is CC1CCCCN1C(=O)N1Cc2ccc(C(=O)NO)cc2OCC1C. The van der Waals surface area contributed by atoms with Crippen molar-refractivity contribution in [3.8, 4) is 5.75 Å². The van der Waals surface area contributed by atoms with Crippen molar-refractivity contribution >= 4 is 11.9 Å². The Labute approximate surface area is 147 Å². The maximum atomic E-state index is 13.1. The van der Waals surface area contributed by atoms with E-state index in [0.29, 0.717) is 24.5 Å². The monoisotopic (exact) mass is 347 g/mol. The van der Waals surface area contributed by atoms with E-state index in [0.717, 1.165) is 24.9 Å². The third kappa shape index (κ3) is 3.56. The van der Waals surface area contributed by atoms with Crippen LogP contribution in [0.2, 0.25) is 0 Å². The fourth-order valence-corrected chi connectivity index (χ4v) is 3.47. The van der Waals surface area contributed by atoms with Gasteiger partial charge in [0.2, 0.25) is 0 Å². The van der Waals surface area contributed by atoms with Crippen molar-refractivity contribution in [3.63, 3.8) is 0 Å². The summed E-state index contributed by atoms with van der Waals surface area (Å²) in [5.41, 5.74) is 2.80. The maximum Gasteiger partial charge on any atom is 0.320 e. The first-order valence-corrected chi connectivity index (χ1v) is 8.78. The van der Waals surface area contributed by atoms with Crippen LogP contribution in [0.3, 0.4) is 0 Å². The zero-order chi connectivity index (χ0) is 18.0. The maximum absolute atomic E-state index is 13.1. The Morgan fingerprint density at radius 2 is 2.00 bits per heavy atom. The molecule has 25 heavy (non-hydrogen) atoms. The Morgan fingerprint density at radius 3 is 2.72 bits per heavy atom. The van der Waals surface area contributed by atoms with Gasteiger partial charge in [0, 0.05) is 23.7 Å². The number of piperidine rings is 1. The summed E-state index contributed by atoms with van der Waals surface area (Å²) in [6, 6.07) is 5.24. The lowest BCUT2D eigenvalue weighted by atomic mass is 10.0. The summed E-state index contributed by atoms with van der Waals surface area (Å²) < 4.78 is 5.82. The van der Waals surface area contributed by atoms with Crippen LogP contribution in [0.4, 0.5) is 4.79 Å². The normalized spacial score (nSPS) is 23.3. The van der Waals surface area contributed by atoms with Gasteiger partial charge < -0.3 is 14.5 Å². The third-order valence-electron chi connectivity index (χ3n) is 5.08. The molecule has 0 radical (unpaired) electrons. The molecule has 2 N–H and O–H groups in total. The number of hydrogen-bond acceptors (Lipinski definition) is 4. The molecule has 0 spiro atoms. The predicted octanol–water partition coefficient (Wildman–Crippen LogP) is 2.38. The van der Waals surface area contributed by atoms with Crippen LogP contribution in [0.15, 0.2) is 18.2 Å². The van der Waals surface area contributed by atoms with Crippen LogP contribution < -0.4 is 10.2 Å². The van der Waals surface area contributed by atoms with E-state index >= 15 is 0 Å². The Balaban J connectivity index is 1.82. The molecule has 2 aliphatic heterocycles. The first-order chi connectivity index (χ1) is 12.0. The zero-order valence-corrected chi connectivity index (χ0v) is 14.7. The molecule has 7 nitrogen and oxygen atoms in total. The molecule has 0 aromatic heterocycles. The molecule has 1 fully saturated rings. The Hall–Kier alpha value is -2.28. The molecule has 0 aliphatic carbocycles. The lowest BCUT2D eigenvalue weighted by Crippen LogP contribution is -2.52. The van der Waals surface area contributed by atoms with E-state index in [-0.39, 0.29) is 18.1 Å². The van der Waals surface area contributed by atoms with Gasteiger partial charge in [-0.05, 0) is 45.2 Å². The molecule has 1 aromatic rings. The fraction of sp³-hybridized carbons (Fsp3) is 0.556. The van der Waals surface area contributed by atoms with E-state index in [1.54, 1.807) is 23.7 Å². The van der Waals surface area contributed by atoms with Gasteiger partial charge in [0.15, 0.2) is 0 Å². The molecule has 136 valence electrons. The summed E-state index contributed by atoms with van der Waals surface area (Å²) in [6.07, 6.45) is 3.26. The highest BCUT2D eigenvalue weighted by Gasteiger charge is 2.32. The highest BCUT2D eigenvalue weighted by molar-refractivity contribution is 5.93. The van der Waals surface area contributed by atoms with Crippen molar-refractivity contribution in [3.05, 3.63) is 29.3 Å². The van der Waals surface area contributed by atoms with Gasteiger partial charge in [-0.15, -0.1) is 0 Å². The van der Waals surface area contributed by atoms with Crippen molar-refractivity contribution in [2.45, 2.75) is 51.7 Å². The van der Waals surface area contributed by atoms with Crippen LogP contribution >= 0.6 is 0 Å². The minimum atomic E-state index is -0.584. The van der Waals surface area contributed by atoms with Crippen molar-refractivity contribution in [1.82, 2.24) is 15.3 Å². The van der Waals surface area contributed by atoms with Crippen LogP contribution in [0.25, 0.3) is 0 Å². The molecule has 1 aromatic carbocycles. The fourth-order valence-electron chi connectivity index (χ4n) is 3.47. The summed E-state index contributed by atoms with van der Waals surface area (Å²) in [5.74, 6) is -0.00582. The van der Waals surface area contributed by atoms with Gasteiger partial charge in [-0.25, -0.2) is 10.3 Å². The number of fused-ring (bicyclic) bond motifs is 1. The second kappa shape index (κ2) is 7.31. The highest BCUT2D eigenvalue weighted by Crippen LogP contribution is 2.28. The van der Waals surface area contributed by atoms with E-state index in [1.165, 1.54) is 6.42 Å². The summed E-state index contributed by atoms with van der Waals surface area (Å²) in [4.78, 5) is 28.4. The van der Waals surface area contributed by atoms with E-state index in [2.05, 4.69) is 6.92 Å². The number of urea groups is 1. The number of nitrogens with one attached hydrogen (secondary N) is 1. The smallest absolute Gasteiger partial charge is 0.320 e. The molecule has 2 heterocycles. The van der Waals surface area contributed by atoms with Gasteiger partial charge >= 0.3 is 6.03 Å². The van der Waals surface area contributed by atoms with Crippen molar-refractivity contribution in [1.29, 1.82) is 0 Å². The van der Waals surface area contributed by atoms with E-state index in [1.807, 2.05) is 16.7 Å². The molecule has 3 rings (SSSR count). The van der Waals surface area contributed by atoms with Gasteiger partial charge in [-0.2, -0.15) is 0 Å². The quantitative estimate of drug-likeness (QED) is 0.604. The number of carbonyl (C=O) groups excluding carboxylic acids is 2. The van der Waals surface area contributed by atoms with Gasteiger partial charge in [0.25, 0.3) is 5.91 Å². The Kier molecular flexibility index (Phi) is 5.13.